The Kier molecular flexibility index (Phi) is 5.48. The van der Waals surface area contributed by atoms with Crippen LogP contribution in [-0.4, -0.2) is 42.6 Å². The number of carbonyl (C=O) groups is 3. The molecule has 1 N–H and O–H groups in total. The van der Waals surface area contributed by atoms with Crippen LogP contribution in [0.4, 0.5) is 4.79 Å². The molecule has 0 spiro atoms. The zero-order valence-corrected chi connectivity index (χ0v) is 14.0. The van der Waals surface area contributed by atoms with Crippen LogP contribution in [0, 0.1) is 0 Å². The van der Waals surface area contributed by atoms with Crippen molar-refractivity contribution in [3.63, 3.8) is 0 Å². The highest BCUT2D eigenvalue weighted by atomic mass is 16.6. The summed E-state index contributed by atoms with van der Waals surface area (Å²) in [6.45, 7) is -0.449. The summed E-state index contributed by atoms with van der Waals surface area (Å²) in [5.74, 6) is -0.203. The van der Waals surface area contributed by atoms with Crippen LogP contribution in [0.3, 0.4) is 0 Å². The summed E-state index contributed by atoms with van der Waals surface area (Å²) >= 11 is 0. The second-order valence-electron chi connectivity index (χ2n) is 5.69. The zero-order chi connectivity index (χ0) is 18.4. The molecule has 1 aliphatic rings. The zero-order valence-electron chi connectivity index (χ0n) is 14.0. The van der Waals surface area contributed by atoms with Crippen LogP contribution >= 0.6 is 0 Å². The molecule has 3 rings (SSSR count). The molecular weight excluding hydrogens is 336 g/mol. The third kappa shape index (κ3) is 4.38. The number of hydrogen-bond acceptors (Lipinski definition) is 5. The van der Waals surface area contributed by atoms with Crippen molar-refractivity contribution in [3.05, 3.63) is 66.2 Å². The number of imide groups is 1. The molecule has 2 aromatic carbocycles. The van der Waals surface area contributed by atoms with Gasteiger partial charge in [-0.15, -0.1) is 0 Å². The molecule has 0 radical (unpaired) electrons. The van der Waals surface area contributed by atoms with Gasteiger partial charge in [-0.1, -0.05) is 48.5 Å². The van der Waals surface area contributed by atoms with Crippen LogP contribution in [0.2, 0.25) is 0 Å². The van der Waals surface area contributed by atoms with E-state index in [0.29, 0.717) is 5.75 Å². The van der Waals surface area contributed by atoms with Crippen molar-refractivity contribution in [2.24, 2.45) is 0 Å². The van der Waals surface area contributed by atoms with Gasteiger partial charge in [0, 0.05) is 0 Å². The van der Waals surface area contributed by atoms with Gasteiger partial charge in [-0.25, -0.2) is 9.69 Å². The maximum Gasteiger partial charge on any atom is 0.417 e. The number of para-hydroxylation sites is 1. The summed E-state index contributed by atoms with van der Waals surface area (Å²) in [5, 5.41) is 2.81. The van der Waals surface area contributed by atoms with Gasteiger partial charge in [-0.05, 0) is 17.7 Å². The highest BCUT2D eigenvalue weighted by Crippen LogP contribution is 2.17. The van der Waals surface area contributed by atoms with Crippen LogP contribution in [0.5, 0.6) is 5.75 Å². The number of carbonyl (C=O) groups excluding carboxylic acids is 3. The van der Waals surface area contributed by atoms with Crippen molar-refractivity contribution in [3.8, 4) is 5.75 Å². The molecule has 1 aliphatic heterocycles. The fourth-order valence-corrected chi connectivity index (χ4v) is 2.56. The van der Waals surface area contributed by atoms with Gasteiger partial charge in [0.1, 0.15) is 5.75 Å². The minimum Gasteiger partial charge on any atom is -0.484 e. The number of nitrogens with zero attached hydrogens (tertiary/aromatic N) is 1. The minimum absolute atomic E-state index is 0.00123. The largest absolute Gasteiger partial charge is 0.484 e. The number of ether oxygens (including phenoxy) is 2. The lowest BCUT2D eigenvalue weighted by Gasteiger charge is -2.22. The molecule has 0 saturated carbocycles. The van der Waals surface area contributed by atoms with E-state index in [1.165, 1.54) is 0 Å². The first-order valence-corrected chi connectivity index (χ1v) is 8.13. The monoisotopic (exact) mass is 354 g/mol. The highest BCUT2D eigenvalue weighted by Gasteiger charge is 2.33. The van der Waals surface area contributed by atoms with Gasteiger partial charge in [0.05, 0.1) is 12.6 Å². The van der Waals surface area contributed by atoms with Crippen molar-refractivity contribution >= 4 is 17.9 Å². The quantitative estimate of drug-likeness (QED) is 0.821. The molecule has 0 bridgehead atoms. The van der Waals surface area contributed by atoms with Crippen molar-refractivity contribution in [1.82, 2.24) is 10.2 Å². The van der Waals surface area contributed by atoms with Crippen LogP contribution in [0.1, 0.15) is 11.6 Å². The van der Waals surface area contributed by atoms with E-state index in [-0.39, 0.29) is 25.7 Å². The van der Waals surface area contributed by atoms with Crippen LogP contribution in [0.15, 0.2) is 60.7 Å². The van der Waals surface area contributed by atoms with Crippen LogP contribution < -0.4 is 10.1 Å². The third-order valence-corrected chi connectivity index (χ3v) is 3.86. The summed E-state index contributed by atoms with van der Waals surface area (Å²) in [5.41, 5.74) is 0.771. The molecule has 1 fully saturated rings. The first kappa shape index (κ1) is 17.5. The van der Waals surface area contributed by atoms with Gasteiger partial charge < -0.3 is 14.8 Å². The van der Waals surface area contributed by atoms with Crippen LogP contribution in [0.25, 0.3) is 0 Å². The van der Waals surface area contributed by atoms with Gasteiger partial charge in [0.2, 0.25) is 0 Å². The Morgan fingerprint density at radius 1 is 1.08 bits per heavy atom. The first-order valence-electron chi connectivity index (χ1n) is 8.13. The summed E-state index contributed by atoms with van der Waals surface area (Å²) in [6, 6.07) is 17.5. The van der Waals surface area contributed by atoms with E-state index < -0.39 is 18.0 Å². The van der Waals surface area contributed by atoms with E-state index >= 15 is 0 Å². The topological polar surface area (TPSA) is 84.9 Å². The van der Waals surface area contributed by atoms with Crippen LogP contribution in [-0.2, 0) is 14.3 Å². The van der Waals surface area contributed by atoms with Crippen molar-refractivity contribution < 1.29 is 23.9 Å². The van der Waals surface area contributed by atoms with E-state index in [2.05, 4.69) is 5.32 Å². The Balaban J connectivity index is 1.66. The molecule has 1 unspecified atom stereocenters. The molecule has 2 aromatic rings. The number of benzene rings is 2. The second kappa shape index (κ2) is 8.15. The summed E-state index contributed by atoms with van der Waals surface area (Å²) in [4.78, 5) is 36.8. The fraction of sp³-hybridized carbons (Fsp3) is 0.211. The number of cyclic esters (lactones) is 1. The summed E-state index contributed by atoms with van der Waals surface area (Å²) in [6.07, 6.45) is -0.703. The molecule has 134 valence electrons. The number of rotatable bonds is 7. The van der Waals surface area contributed by atoms with Crippen molar-refractivity contribution in [2.75, 3.05) is 19.8 Å². The smallest absolute Gasteiger partial charge is 0.417 e. The van der Waals surface area contributed by atoms with Gasteiger partial charge in [0.15, 0.2) is 13.2 Å². The molecule has 1 saturated heterocycles. The molecule has 7 heteroatoms. The first-order chi connectivity index (χ1) is 12.6. The van der Waals surface area contributed by atoms with Gasteiger partial charge in [-0.3, -0.25) is 9.59 Å². The van der Waals surface area contributed by atoms with E-state index in [4.69, 9.17) is 9.47 Å². The standard InChI is InChI=1S/C19H18N2O5/c22-17(12-25-15-9-5-2-6-10-15)20-16(14-7-3-1-4-8-14)11-21-18(23)13-26-19(21)24/h1-10,16H,11-13H2,(H,20,22). The number of hydrogen-bond donors (Lipinski definition) is 1. The van der Waals surface area contributed by atoms with Gasteiger partial charge >= 0.3 is 6.09 Å². The predicted octanol–water partition coefficient (Wildman–Crippen LogP) is 1.90. The Bertz CT molecular complexity index is 763. The van der Waals surface area contributed by atoms with Crippen molar-refractivity contribution in [2.45, 2.75) is 6.04 Å². The summed E-state index contributed by atoms with van der Waals surface area (Å²) < 4.78 is 10.2. The predicted molar refractivity (Wildman–Crippen MR) is 92.3 cm³/mol. The lowest BCUT2D eigenvalue weighted by molar-refractivity contribution is -0.128. The molecule has 7 nitrogen and oxygen atoms in total. The maximum atomic E-state index is 12.3. The molecule has 0 aromatic heterocycles. The van der Waals surface area contributed by atoms with Gasteiger partial charge in [-0.2, -0.15) is 0 Å². The maximum absolute atomic E-state index is 12.3. The van der Waals surface area contributed by atoms with E-state index in [1.807, 2.05) is 48.5 Å². The van der Waals surface area contributed by atoms with Crippen molar-refractivity contribution in [1.29, 1.82) is 0 Å². The molecule has 1 heterocycles. The average Bonchev–Trinajstić information content (AvgIpc) is 2.99. The van der Waals surface area contributed by atoms with Gasteiger partial charge in [0.25, 0.3) is 11.8 Å². The SMILES string of the molecule is O=C(COc1ccccc1)NC(CN1C(=O)COC1=O)c1ccccc1. The molecule has 3 amide bonds. The fourth-order valence-electron chi connectivity index (χ4n) is 2.56. The molecule has 1 atom stereocenters. The highest BCUT2D eigenvalue weighted by molar-refractivity contribution is 5.97. The second-order valence-corrected chi connectivity index (χ2v) is 5.69. The molecule has 0 aliphatic carbocycles. The van der Waals surface area contributed by atoms with E-state index in [0.717, 1.165) is 10.5 Å². The van der Waals surface area contributed by atoms with E-state index in [1.54, 1.807) is 12.1 Å². The molecular formula is C19H18N2O5. The third-order valence-electron chi connectivity index (χ3n) is 3.86. The molecule has 26 heavy (non-hydrogen) atoms. The normalized spacial score (nSPS) is 14.7. The minimum atomic E-state index is -0.703. The Morgan fingerprint density at radius 3 is 2.35 bits per heavy atom. The lowest BCUT2D eigenvalue weighted by Crippen LogP contribution is -2.41. The lowest BCUT2D eigenvalue weighted by atomic mass is 10.1. The Hall–Kier alpha value is -3.35. The Morgan fingerprint density at radius 2 is 1.73 bits per heavy atom. The van der Waals surface area contributed by atoms with E-state index in [9.17, 15) is 14.4 Å². The Labute approximate surface area is 150 Å². The number of nitrogens with one attached hydrogen (secondary N) is 1. The summed E-state index contributed by atoms with van der Waals surface area (Å²) in [7, 11) is 0. The number of amides is 3. The average molecular weight is 354 g/mol.